The number of carboxylic acid groups (broad SMARTS) is 1. The third kappa shape index (κ3) is 2.78. The van der Waals surface area contributed by atoms with Crippen molar-refractivity contribution in [3.05, 3.63) is 59.2 Å². The van der Waals surface area contributed by atoms with Gasteiger partial charge in [-0.3, -0.25) is 10.1 Å². The third-order valence-electron chi connectivity index (χ3n) is 9.05. The maximum atomic E-state index is 12.3. The van der Waals surface area contributed by atoms with Gasteiger partial charge in [-0.2, -0.15) is 0 Å². The van der Waals surface area contributed by atoms with E-state index in [-0.39, 0.29) is 23.9 Å². The second-order valence-electron chi connectivity index (χ2n) is 10.4. The number of piperidine rings is 1. The number of carboxylic acids is 1. The fraction of sp³-hybridized carbons (Fsp3) is 0.519. The van der Waals surface area contributed by atoms with Crippen LogP contribution in [-0.2, 0) is 27.8 Å². The average molecular weight is 465 g/mol. The number of methoxy groups -OCH3 is 1. The molecule has 0 radical (unpaired) electrons. The number of phenolic OH excluding ortho intramolecular Hbond substituents is 1. The van der Waals surface area contributed by atoms with Gasteiger partial charge in [-0.05, 0) is 62.9 Å². The number of nitrogens with zero attached hydrogens (tertiary/aromatic N) is 1. The number of hydrogen-bond acceptors (Lipinski definition) is 6. The normalized spacial score (nSPS) is 34.2. The Bertz CT molecular complexity index is 1120. The van der Waals surface area contributed by atoms with E-state index in [4.69, 9.17) is 9.47 Å². The lowest BCUT2D eigenvalue weighted by Gasteiger charge is -2.65. The molecule has 0 amide bonds. The van der Waals surface area contributed by atoms with Gasteiger partial charge in [-0.25, -0.2) is 0 Å². The summed E-state index contributed by atoms with van der Waals surface area (Å²) in [5, 5.41) is 24.3. The van der Waals surface area contributed by atoms with Crippen LogP contribution in [0.15, 0.2) is 42.5 Å². The molecule has 6 rings (SSSR count). The van der Waals surface area contributed by atoms with E-state index in [1.807, 2.05) is 36.4 Å². The van der Waals surface area contributed by atoms with Crippen LogP contribution in [0.1, 0.15) is 36.0 Å². The number of aromatic hydroxyl groups is 1. The lowest BCUT2D eigenvalue weighted by molar-refractivity contribution is -0.204. The number of aliphatic carboxylic acids is 1. The van der Waals surface area contributed by atoms with Gasteiger partial charge < -0.3 is 24.6 Å². The molecule has 7 nitrogen and oxygen atoms in total. The van der Waals surface area contributed by atoms with Crippen LogP contribution in [0.2, 0.25) is 0 Å². The van der Waals surface area contributed by atoms with Crippen LogP contribution in [0.4, 0.5) is 0 Å². The number of carbonyl (C=O) groups is 1. The molecule has 2 heterocycles. The van der Waals surface area contributed by atoms with Crippen molar-refractivity contribution in [1.82, 2.24) is 10.2 Å². The van der Waals surface area contributed by atoms with E-state index in [0.29, 0.717) is 12.2 Å². The van der Waals surface area contributed by atoms with Gasteiger partial charge in [0.05, 0.1) is 11.0 Å². The first-order valence-electron chi connectivity index (χ1n) is 12.2. The smallest absolute Gasteiger partial charge is 0.321 e. The standard InChI is InChI=1S/C27H32N2O5/c1-29-13-12-26-22-17-8-9-20(30)23(22)34-24(26)18(10-11-27(26,33-2)21(29)15-17)28-19(25(31)32)14-16-6-4-3-5-7-16/h3-9,18-19,21,24,28,30H,10-15H2,1-2H3,(H,31,32)/t18-,19+,21?,24+,26+,27-/m1/s1. The van der Waals surface area contributed by atoms with Crippen LogP contribution in [0.5, 0.6) is 11.5 Å². The molecule has 2 fully saturated rings. The second kappa shape index (κ2) is 7.70. The molecule has 7 heteroatoms. The Labute approximate surface area is 199 Å². The fourth-order valence-electron chi connectivity index (χ4n) is 7.64. The van der Waals surface area contributed by atoms with Crippen molar-refractivity contribution in [1.29, 1.82) is 0 Å². The minimum Gasteiger partial charge on any atom is -0.504 e. The number of nitrogens with one attached hydrogen (secondary N) is 1. The number of benzene rings is 2. The number of phenols is 1. The highest BCUT2D eigenvalue weighted by atomic mass is 16.5. The van der Waals surface area contributed by atoms with Gasteiger partial charge in [-0.15, -0.1) is 0 Å². The van der Waals surface area contributed by atoms with E-state index in [9.17, 15) is 15.0 Å². The Hall–Kier alpha value is -2.61. The number of ether oxygens (including phenoxy) is 2. The summed E-state index contributed by atoms with van der Waals surface area (Å²) in [6, 6.07) is 12.8. The van der Waals surface area contributed by atoms with Crippen LogP contribution in [-0.4, -0.2) is 71.6 Å². The Kier molecular flexibility index (Phi) is 4.96. The predicted molar refractivity (Wildman–Crippen MR) is 126 cm³/mol. The second-order valence-corrected chi connectivity index (χ2v) is 10.4. The van der Waals surface area contributed by atoms with Gasteiger partial charge in [-0.1, -0.05) is 36.4 Å². The fourth-order valence-corrected chi connectivity index (χ4v) is 7.64. The molecular formula is C27H32N2O5. The summed E-state index contributed by atoms with van der Waals surface area (Å²) in [6.45, 7) is 0.906. The molecule has 2 bridgehead atoms. The number of hydrogen-bond donors (Lipinski definition) is 3. The van der Waals surface area contributed by atoms with Gasteiger partial charge >= 0.3 is 5.97 Å². The molecule has 34 heavy (non-hydrogen) atoms. The molecule has 4 aliphatic rings. The highest BCUT2D eigenvalue weighted by Crippen LogP contribution is 2.66. The minimum atomic E-state index is -0.867. The quantitative estimate of drug-likeness (QED) is 0.605. The highest BCUT2D eigenvalue weighted by Gasteiger charge is 2.73. The third-order valence-corrected chi connectivity index (χ3v) is 9.05. The van der Waals surface area contributed by atoms with E-state index in [0.717, 1.165) is 43.4 Å². The van der Waals surface area contributed by atoms with Gasteiger partial charge in [0, 0.05) is 24.8 Å². The summed E-state index contributed by atoms with van der Waals surface area (Å²) in [5.74, 6) is -0.146. The molecule has 1 unspecified atom stereocenters. The number of likely N-dealkylation sites (tertiary alicyclic amines) is 1. The van der Waals surface area contributed by atoms with Gasteiger partial charge in [0.1, 0.15) is 12.1 Å². The predicted octanol–water partition coefficient (Wildman–Crippen LogP) is 2.48. The first kappa shape index (κ1) is 21.9. The maximum absolute atomic E-state index is 12.3. The van der Waals surface area contributed by atoms with Crippen molar-refractivity contribution >= 4 is 5.97 Å². The first-order valence-corrected chi connectivity index (χ1v) is 12.2. The van der Waals surface area contributed by atoms with E-state index < -0.39 is 23.0 Å². The summed E-state index contributed by atoms with van der Waals surface area (Å²) in [4.78, 5) is 14.7. The van der Waals surface area contributed by atoms with Crippen molar-refractivity contribution in [2.24, 2.45) is 0 Å². The Morgan fingerprint density at radius 2 is 2.06 bits per heavy atom. The zero-order valence-corrected chi connectivity index (χ0v) is 19.7. The van der Waals surface area contributed by atoms with Gasteiger partial charge in [0.2, 0.25) is 0 Å². The topological polar surface area (TPSA) is 91.3 Å². The van der Waals surface area contributed by atoms with Crippen molar-refractivity contribution < 1.29 is 24.5 Å². The average Bonchev–Trinajstić information content (AvgIpc) is 3.20. The van der Waals surface area contributed by atoms with E-state index in [2.05, 4.69) is 17.3 Å². The van der Waals surface area contributed by atoms with E-state index in [1.165, 1.54) is 5.56 Å². The SMILES string of the molecule is CO[C@@]12CC[C@@H](N[C@@H](Cc3ccccc3)C(=O)O)[C@@H]3Oc4c(O)ccc5c4[C@@]31CCN(C)C2C5. The zero-order chi connectivity index (χ0) is 23.7. The summed E-state index contributed by atoms with van der Waals surface area (Å²) in [7, 11) is 3.97. The molecule has 180 valence electrons. The van der Waals surface area contributed by atoms with Crippen LogP contribution < -0.4 is 10.1 Å². The minimum absolute atomic E-state index is 0.155. The van der Waals surface area contributed by atoms with Gasteiger partial charge in [0.25, 0.3) is 0 Å². The van der Waals surface area contributed by atoms with Gasteiger partial charge in [0.15, 0.2) is 11.5 Å². The highest BCUT2D eigenvalue weighted by molar-refractivity contribution is 5.74. The van der Waals surface area contributed by atoms with E-state index >= 15 is 0 Å². The first-order chi connectivity index (χ1) is 16.4. The summed E-state index contributed by atoms with van der Waals surface area (Å²) >= 11 is 0. The molecule has 2 aromatic carbocycles. The summed E-state index contributed by atoms with van der Waals surface area (Å²) in [5.41, 5.74) is 2.42. The monoisotopic (exact) mass is 464 g/mol. The molecule has 1 saturated carbocycles. The van der Waals surface area contributed by atoms with Crippen molar-refractivity contribution in [3.8, 4) is 11.5 Å². The van der Waals surface area contributed by atoms with Crippen LogP contribution in [0, 0.1) is 0 Å². The van der Waals surface area contributed by atoms with Crippen LogP contribution in [0.3, 0.4) is 0 Å². The molecule has 2 aromatic rings. The van der Waals surface area contributed by atoms with Crippen molar-refractivity contribution in [3.63, 3.8) is 0 Å². The largest absolute Gasteiger partial charge is 0.504 e. The Morgan fingerprint density at radius 3 is 2.79 bits per heavy atom. The molecule has 1 saturated heterocycles. The Morgan fingerprint density at radius 1 is 1.26 bits per heavy atom. The molecule has 3 N–H and O–H groups in total. The number of rotatable bonds is 6. The molecule has 1 spiro atoms. The molecular weight excluding hydrogens is 432 g/mol. The molecule has 6 atom stereocenters. The Balaban J connectivity index is 1.42. The zero-order valence-electron chi connectivity index (χ0n) is 19.7. The maximum Gasteiger partial charge on any atom is 0.321 e. The van der Waals surface area contributed by atoms with Crippen molar-refractivity contribution in [2.75, 3.05) is 20.7 Å². The van der Waals surface area contributed by atoms with Crippen LogP contribution in [0.25, 0.3) is 0 Å². The van der Waals surface area contributed by atoms with E-state index in [1.54, 1.807) is 13.2 Å². The lowest BCUT2D eigenvalue weighted by atomic mass is 9.48. The summed E-state index contributed by atoms with van der Waals surface area (Å²) in [6.07, 6.45) is 3.34. The van der Waals surface area contributed by atoms with Crippen molar-refractivity contribution in [2.45, 2.75) is 67.3 Å². The molecule has 2 aliphatic heterocycles. The number of likely N-dealkylation sites (N-methyl/N-ethyl adjacent to an activating group) is 1. The molecule has 0 aromatic heterocycles. The lowest BCUT2D eigenvalue weighted by Crippen LogP contribution is -2.78. The molecule has 2 aliphatic carbocycles. The van der Waals surface area contributed by atoms with Crippen LogP contribution >= 0.6 is 0 Å². The summed E-state index contributed by atoms with van der Waals surface area (Å²) < 4.78 is 13.1.